The summed E-state index contributed by atoms with van der Waals surface area (Å²) in [6.07, 6.45) is -9.52. The minimum atomic E-state index is -5.01. The molecule has 0 radical (unpaired) electrons. The molecule has 1 amide bonds. The van der Waals surface area contributed by atoms with Crippen molar-refractivity contribution in [3.05, 3.63) is 70.5 Å². The van der Waals surface area contributed by atoms with Crippen LogP contribution in [-0.2, 0) is 23.5 Å². The van der Waals surface area contributed by atoms with Gasteiger partial charge in [0.2, 0.25) is 5.88 Å². The number of halogens is 6. The highest BCUT2D eigenvalue weighted by Gasteiger charge is 2.38. The number of nitrogens with zero attached hydrogens (tertiary/aromatic N) is 3. The lowest BCUT2D eigenvalue weighted by molar-refractivity contribution is -0.143. The van der Waals surface area contributed by atoms with Crippen molar-refractivity contribution in [2.24, 2.45) is 0 Å². The highest BCUT2D eigenvalue weighted by Crippen LogP contribution is 2.41. The number of hydrogen-bond donors (Lipinski definition) is 2. The molecule has 3 aromatic rings. The predicted molar refractivity (Wildman–Crippen MR) is 147 cm³/mol. The summed E-state index contributed by atoms with van der Waals surface area (Å²) in [7, 11) is 2.86. The van der Waals surface area contributed by atoms with Crippen LogP contribution in [0.15, 0.2) is 42.6 Å². The highest BCUT2D eigenvalue weighted by atomic mass is 19.4. The van der Waals surface area contributed by atoms with Gasteiger partial charge in [0.25, 0.3) is 0 Å². The molecule has 1 aromatic carbocycles. The molecule has 0 saturated carbocycles. The standard InChI is InChI=1S/C29H30F6N4O5/c1-4-20-14-22(25-23(39(20)27(40)41)5-6-24(38-25)43-3)37-26-17(12-21(15-36-26)44-8-7-42-2)9-16-10-18(28(30,31)32)13-19(11-16)29(33,34)35/h5-6,10-13,15,20,22H,4,7-9,14H2,1-3H3,(H,36,37)(H,40,41)/t20-,22+/m1/s1. The summed E-state index contributed by atoms with van der Waals surface area (Å²) in [6.45, 7) is 2.17. The number of benzene rings is 1. The van der Waals surface area contributed by atoms with Crippen LogP contribution in [0.3, 0.4) is 0 Å². The lowest BCUT2D eigenvalue weighted by Gasteiger charge is -2.38. The lowest BCUT2D eigenvalue weighted by atomic mass is 9.93. The van der Waals surface area contributed by atoms with Crippen molar-refractivity contribution in [3.8, 4) is 11.6 Å². The van der Waals surface area contributed by atoms with E-state index in [9.17, 15) is 36.2 Å². The molecule has 0 fully saturated rings. The zero-order valence-electron chi connectivity index (χ0n) is 23.9. The Balaban J connectivity index is 1.79. The van der Waals surface area contributed by atoms with Gasteiger partial charge >= 0.3 is 18.4 Å². The van der Waals surface area contributed by atoms with Crippen LogP contribution in [0.25, 0.3) is 0 Å². The molecule has 9 nitrogen and oxygen atoms in total. The first kappa shape index (κ1) is 32.6. The normalized spacial score (nSPS) is 16.8. The van der Waals surface area contributed by atoms with E-state index in [4.69, 9.17) is 14.2 Å². The molecule has 0 unspecified atom stereocenters. The maximum Gasteiger partial charge on any atom is 0.416 e. The van der Waals surface area contributed by atoms with Gasteiger partial charge in [-0.15, -0.1) is 0 Å². The fourth-order valence-corrected chi connectivity index (χ4v) is 5.03. The second-order valence-corrected chi connectivity index (χ2v) is 10.0. The van der Waals surface area contributed by atoms with Gasteiger partial charge < -0.3 is 24.6 Å². The van der Waals surface area contributed by atoms with E-state index in [1.54, 1.807) is 6.07 Å². The van der Waals surface area contributed by atoms with E-state index in [1.807, 2.05) is 6.92 Å². The number of aromatic nitrogens is 2. The van der Waals surface area contributed by atoms with Gasteiger partial charge in [-0.1, -0.05) is 6.92 Å². The Morgan fingerprint density at radius 3 is 2.30 bits per heavy atom. The van der Waals surface area contributed by atoms with Gasteiger partial charge in [0, 0.05) is 31.2 Å². The first-order valence-electron chi connectivity index (χ1n) is 13.5. The summed E-state index contributed by atoms with van der Waals surface area (Å²) in [5.41, 5.74) is -2.25. The van der Waals surface area contributed by atoms with Gasteiger partial charge in [0.15, 0.2) is 0 Å². The average Bonchev–Trinajstić information content (AvgIpc) is 2.96. The van der Waals surface area contributed by atoms with Gasteiger partial charge in [-0.3, -0.25) is 4.90 Å². The molecule has 2 atom stereocenters. The van der Waals surface area contributed by atoms with E-state index in [-0.39, 0.29) is 60.7 Å². The monoisotopic (exact) mass is 628 g/mol. The molecule has 3 heterocycles. The molecule has 0 saturated heterocycles. The second-order valence-electron chi connectivity index (χ2n) is 10.0. The summed E-state index contributed by atoms with van der Waals surface area (Å²) < 4.78 is 97.3. The van der Waals surface area contributed by atoms with Crippen LogP contribution in [0.5, 0.6) is 11.6 Å². The smallest absolute Gasteiger partial charge is 0.416 e. The predicted octanol–water partition coefficient (Wildman–Crippen LogP) is 6.96. The summed E-state index contributed by atoms with van der Waals surface area (Å²) in [5, 5.41) is 13.1. The third kappa shape index (κ3) is 7.44. The number of ether oxygens (including phenoxy) is 3. The topological polar surface area (TPSA) is 106 Å². The van der Waals surface area contributed by atoms with Crippen molar-refractivity contribution in [1.82, 2.24) is 9.97 Å². The number of alkyl halides is 6. The number of nitrogens with one attached hydrogen (secondary N) is 1. The zero-order chi connectivity index (χ0) is 32.2. The van der Waals surface area contributed by atoms with Gasteiger partial charge in [-0.05, 0) is 48.7 Å². The molecule has 1 aliphatic rings. The fourth-order valence-electron chi connectivity index (χ4n) is 5.03. The van der Waals surface area contributed by atoms with Crippen molar-refractivity contribution in [3.63, 3.8) is 0 Å². The summed E-state index contributed by atoms with van der Waals surface area (Å²) in [6, 6.07) is 4.85. The van der Waals surface area contributed by atoms with Crippen LogP contribution >= 0.6 is 0 Å². The van der Waals surface area contributed by atoms with E-state index in [2.05, 4.69) is 15.3 Å². The van der Waals surface area contributed by atoms with Gasteiger partial charge in [0.05, 0.1) is 48.5 Å². The second kappa shape index (κ2) is 13.2. The number of carboxylic acid groups (broad SMARTS) is 1. The van der Waals surface area contributed by atoms with Crippen molar-refractivity contribution in [2.45, 2.75) is 50.6 Å². The van der Waals surface area contributed by atoms with Crippen molar-refractivity contribution < 1.29 is 50.5 Å². The van der Waals surface area contributed by atoms with Gasteiger partial charge in [0.1, 0.15) is 18.2 Å². The Bertz CT molecular complexity index is 1450. The zero-order valence-corrected chi connectivity index (χ0v) is 23.9. The van der Waals surface area contributed by atoms with Crippen molar-refractivity contribution in [1.29, 1.82) is 0 Å². The quantitative estimate of drug-likeness (QED) is 0.183. The van der Waals surface area contributed by atoms with Crippen LogP contribution in [-0.4, -0.2) is 54.6 Å². The number of hydrogen-bond acceptors (Lipinski definition) is 7. The summed E-state index contributed by atoms with van der Waals surface area (Å²) in [5.74, 6) is 0.585. The minimum Gasteiger partial charge on any atom is -0.490 e. The van der Waals surface area contributed by atoms with Crippen LogP contribution in [0.4, 0.5) is 42.6 Å². The van der Waals surface area contributed by atoms with E-state index >= 15 is 0 Å². The molecule has 238 valence electrons. The number of rotatable bonds is 10. The average molecular weight is 629 g/mol. The summed E-state index contributed by atoms with van der Waals surface area (Å²) >= 11 is 0. The molecule has 4 rings (SSSR count). The summed E-state index contributed by atoms with van der Waals surface area (Å²) in [4.78, 5) is 22.2. The Kier molecular flexibility index (Phi) is 9.76. The van der Waals surface area contributed by atoms with E-state index in [0.29, 0.717) is 29.9 Å². The maximum absolute atomic E-state index is 13.6. The molecule has 1 aliphatic heterocycles. The molecule has 44 heavy (non-hydrogen) atoms. The van der Waals surface area contributed by atoms with E-state index in [0.717, 1.165) is 0 Å². The fraction of sp³-hybridized carbons (Fsp3) is 0.414. The molecular formula is C29H30F6N4O5. The third-order valence-corrected chi connectivity index (χ3v) is 7.08. The van der Waals surface area contributed by atoms with Crippen LogP contribution in [0.1, 0.15) is 53.8 Å². The molecule has 0 bridgehead atoms. The van der Waals surface area contributed by atoms with E-state index < -0.39 is 41.7 Å². The van der Waals surface area contributed by atoms with Gasteiger partial charge in [-0.25, -0.2) is 14.8 Å². The first-order valence-corrected chi connectivity index (χ1v) is 13.5. The molecule has 0 spiro atoms. The first-order chi connectivity index (χ1) is 20.7. The SMILES string of the molecule is CC[C@@H]1C[C@H](Nc2ncc(OCCOC)cc2Cc2cc(C(F)(F)F)cc(C(F)(F)F)c2)c2nc(OC)ccc2N1C(=O)O. The van der Waals surface area contributed by atoms with E-state index in [1.165, 1.54) is 37.4 Å². The van der Waals surface area contributed by atoms with Crippen molar-refractivity contribution >= 4 is 17.6 Å². The van der Waals surface area contributed by atoms with Crippen LogP contribution in [0, 0.1) is 0 Å². The Hall–Kier alpha value is -4.27. The molecular weight excluding hydrogens is 598 g/mol. The van der Waals surface area contributed by atoms with Crippen LogP contribution < -0.4 is 19.7 Å². The number of carbonyl (C=O) groups is 1. The number of methoxy groups -OCH3 is 2. The highest BCUT2D eigenvalue weighted by molar-refractivity contribution is 5.88. The Labute approximate surface area is 248 Å². The number of pyridine rings is 2. The molecule has 15 heteroatoms. The number of amides is 1. The molecule has 2 N–H and O–H groups in total. The maximum atomic E-state index is 13.6. The molecule has 2 aromatic heterocycles. The largest absolute Gasteiger partial charge is 0.490 e. The van der Waals surface area contributed by atoms with Gasteiger partial charge in [-0.2, -0.15) is 26.3 Å². The Morgan fingerprint density at radius 1 is 1.05 bits per heavy atom. The molecule has 0 aliphatic carbocycles. The minimum absolute atomic E-state index is 0.0717. The third-order valence-electron chi connectivity index (χ3n) is 7.08. The van der Waals surface area contributed by atoms with Crippen molar-refractivity contribution in [2.75, 3.05) is 37.7 Å². The van der Waals surface area contributed by atoms with Crippen LogP contribution in [0.2, 0.25) is 0 Å². The Morgan fingerprint density at radius 2 is 1.73 bits per heavy atom. The lowest BCUT2D eigenvalue weighted by Crippen LogP contribution is -2.45. The number of anilines is 2. The number of fused-ring (bicyclic) bond motifs is 1.